The van der Waals surface area contributed by atoms with E-state index in [4.69, 9.17) is 0 Å². The summed E-state index contributed by atoms with van der Waals surface area (Å²) in [6.07, 6.45) is 2.34. The van der Waals surface area contributed by atoms with Crippen molar-refractivity contribution in [3.63, 3.8) is 0 Å². The van der Waals surface area contributed by atoms with Crippen LogP contribution in [0, 0.1) is 10.1 Å². The van der Waals surface area contributed by atoms with Crippen LogP contribution >= 0.6 is 0 Å². The van der Waals surface area contributed by atoms with Gasteiger partial charge in [-0.15, -0.1) is 0 Å². The number of halogens is 2. The lowest BCUT2D eigenvalue weighted by molar-refractivity contribution is -0.419. The highest BCUT2D eigenvalue weighted by Gasteiger charge is 2.38. The smallest absolute Gasteiger partial charge is 0.327 e. The lowest BCUT2D eigenvalue weighted by atomic mass is 10.0. The van der Waals surface area contributed by atoms with Crippen molar-refractivity contribution in [1.29, 1.82) is 0 Å². The van der Waals surface area contributed by atoms with E-state index >= 15 is 0 Å². The summed E-state index contributed by atoms with van der Waals surface area (Å²) >= 11 is 0. The Bertz CT molecular complexity index is 440. The summed E-state index contributed by atoms with van der Waals surface area (Å²) in [5.41, 5.74) is -0.0545. The number of hydrogen-bond acceptors (Lipinski definition) is 4. The van der Waals surface area contributed by atoms with Gasteiger partial charge in [0, 0.05) is 18.6 Å². The van der Waals surface area contributed by atoms with E-state index in [1.54, 1.807) is 0 Å². The molecule has 0 aromatic heterocycles. The van der Waals surface area contributed by atoms with Crippen LogP contribution in [-0.2, 0) is 4.79 Å². The van der Waals surface area contributed by atoms with Gasteiger partial charge in [0.1, 0.15) is 6.10 Å². The Morgan fingerprint density at radius 2 is 2.28 bits per heavy atom. The summed E-state index contributed by atoms with van der Waals surface area (Å²) < 4.78 is 25.7. The van der Waals surface area contributed by atoms with E-state index in [-0.39, 0.29) is 11.3 Å². The van der Waals surface area contributed by atoms with Crippen molar-refractivity contribution >= 4 is 6.29 Å². The van der Waals surface area contributed by atoms with Gasteiger partial charge in [-0.3, -0.25) is 14.9 Å². The van der Waals surface area contributed by atoms with E-state index in [0.717, 1.165) is 6.08 Å². The molecule has 0 fully saturated rings. The molecule has 0 aliphatic heterocycles. The van der Waals surface area contributed by atoms with Crippen molar-refractivity contribution in [2.24, 2.45) is 0 Å². The monoisotopic (exact) mass is 259 g/mol. The minimum absolute atomic E-state index is 0.195. The number of carbonyl (C=O) groups excluding carboxylic acids is 1. The maximum Gasteiger partial charge on any atom is 0.327 e. The minimum atomic E-state index is -3.86. The molecule has 98 valence electrons. The van der Waals surface area contributed by atoms with Gasteiger partial charge >= 0.3 is 5.92 Å². The van der Waals surface area contributed by atoms with Crippen LogP contribution in [0.2, 0.25) is 0 Å². The van der Waals surface area contributed by atoms with Crippen LogP contribution < -0.4 is 0 Å². The zero-order valence-electron chi connectivity index (χ0n) is 9.25. The van der Waals surface area contributed by atoms with Crippen LogP contribution in [0.1, 0.15) is 12.8 Å². The molecule has 0 spiro atoms. The first-order chi connectivity index (χ1) is 8.36. The molecule has 18 heavy (non-hydrogen) atoms. The fourth-order valence-electron chi connectivity index (χ4n) is 1.40. The van der Waals surface area contributed by atoms with Crippen molar-refractivity contribution in [2.45, 2.75) is 24.9 Å². The van der Waals surface area contributed by atoms with Crippen LogP contribution in [0.5, 0.6) is 0 Å². The average molecular weight is 259 g/mol. The highest BCUT2D eigenvalue weighted by molar-refractivity contribution is 5.60. The van der Waals surface area contributed by atoms with E-state index in [0.29, 0.717) is 6.42 Å². The highest BCUT2D eigenvalue weighted by Crippen LogP contribution is 2.24. The number of alkyl halides is 2. The Morgan fingerprint density at radius 3 is 2.83 bits per heavy atom. The van der Waals surface area contributed by atoms with Gasteiger partial charge in [-0.1, -0.05) is 12.2 Å². The summed E-state index contributed by atoms with van der Waals surface area (Å²) in [6, 6.07) is 0. The number of aldehydes is 1. The standard InChI is InChI=1S/C11H11F2NO4/c12-11(13,7-15)10(16)6-8-3-1-2-4-9(5-8)14(17)18/h2-5,7,10,16H,1,6H2. The van der Waals surface area contributed by atoms with Gasteiger partial charge in [-0.05, 0) is 12.0 Å². The molecular weight excluding hydrogens is 248 g/mol. The first kappa shape index (κ1) is 14.2. The van der Waals surface area contributed by atoms with E-state index in [1.807, 2.05) is 0 Å². The predicted molar refractivity (Wildman–Crippen MR) is 58.6 cm³/mol. The second kappa shape index (κ2) is 5.63. The first-order valence-corrected chi connectivity index (χ1v) is 5.10. The number of aliphatic hydroxyl groups excluding tert-OH is 1. The van der Waals surface area contributed by atoms with Gasteiger partial charge in [0.05, 0.1) is 4.92 Å². The van der Waals surface area contributed by atoms with Gasteiger partial charge < -0.3 is 5.11 Å². The number of nitro groups is 1. The third-order valence-electron chi connectivity index (χ3n) is 2.38. The number of rotatable bonds is 5. The molecule has 1 atom stereocenters. The number of nitrogens with zero attached hydrogens (tertiary/aromatic N) is 1. The van der Waals surface area contributed by atoms with Gasteiger partial charge in [0.2, 0.25) is 0 Å². The van der Waals surface area contributed by atoms with Crippen LogP contribution in [0.25, 0.3) is 0 Å². The zero-order chi connectivity index (χ0) is 13.8. The SMILES string of the molecule is O=CC(F)(F)C(O)CC1=CCC=CC([N+](=O)[O-])=C1. The van der Waals surface area contributed by atoms with Crippen molar-refractivity contribution < 1.29 is 23.6 Å². The molecule has 1 rings (SSSR count). The quantitative estimate of drug-likeness (QED) is 0.462. The van der Waals surface area contributed by atoms with Crippen LogP contribution in [-0.4, -0.2) is 28.3 Å². The molecule has 0 saturated carbocycles. The largest absolute Gasteiger partial charge is 0.386 e. The van der Waals surface area contributed by atoms with E-state index in [1.165, 1.54) is 18.2 Å². The zero-order valence-corrected chi connectivity index (χ0v) is 9.25. The molecule has 0 heterocycles. The van der Waals surface area contributed by atoms with Gasteiger partial charge in [0.25, 0.3) is 5.70 Å². The highest BCUT2D eigenvalue weighted by atomic mass is 19.3. The van der Waals surface area contributed by atoms with Gasteiger partial charge in [-0.25, -0.2) is 0 Å². The second-order valence-corrected chi connectivity index (χ2v) is 3.76. The van der Waals surface area contributed by atoms with Gasteiger partial charge in [-0.2, -0.15) is 8.78 Å². The third kappa shape index (κ3) is 3.56. The molecular formula is C11H11F2NO4. The third-order valence-corrected chi connectivity index (χ3v) is 2.38. The fraction of sp³-hybridized carbons (Fsp3) is 0.364. The van der Waals surface area contributed by atoms with E-state index < -0.39 is 29.7 Å². The minimum Gasteiger partial charge on any atom is -0.386 e. The molecule has 0 bridgehead atoms. The van der Waals surface area contributed by atoms with E-state index in [2.05, 4.69) is 0 Å². The Hall–Kier alpha value is -1.89. The van der Waals surface area contributed by atoms with Crippen LogP contribution in [0.15, 0.2) is 35.6 Å². The molecule has 7 heteroatoms. The first-order valence-electron chi connectivity index (χ1n) is 5.10. The normalized spacial score (nSPS) is 17.5. The summed E-state index contributed by atoms with van der Waals surface area (Å²) in [6.45, 7) is 0. The van der Waals surface area contributed by atoms with Gasteiger partial charge in [0.15, 0.2) is 6.29 Å². The molecule has 1 N–H and O–H groups in total. The van der Waals surface area contributed by atoms with E-state index in [9.17, 15) is 28.8 Å². The molecule has 1 unspecified atom stereocenters. The number of allylic oxidation sites excluding steroid dienone is 4. The summed E-state index contributed by atoms with van der Waals surface area (Å²) in [5.74, 6) is -3.86. The predicted octanol–water partition coefficient (Wildman–Crippen LogP) is 1.62. The Morgan fingerprint density at radius 1 is 1.61 bits per heavy atom. The average Bonchev–Trinajstić information content (AvgIpc) is 2.54. The summed E-state index contributed by atoms with van der Waals surface area (Å²) in [4.78, 5) is 20.0. The van der Waals surface area contributed by atoms with Crippen LogP contribution in [0.4, 0.5) is 8.78 Å². The number of aliphatic hydroxyl groups is 1. The summed E-state index contributed by atoms with van der Waals surface area (Å²) in [5, 5.41) is 19.8. The number of carbonyl (C=O) groups is 1. The van der Waals surface area contributed by atoms with Crippen molar-refractivity contribution in [2.75, 3.05) is 0 Å². The lowest BCUT2D eigenvalue weighted by Crippen LogP contribution is -2.35. The molecule has 0 amide bonds. The molecule has 5 nitrogen and oxygen atoms in total. The molecule has 0 aromatic carbocycles. The fourth-order valence-corrected chi connectivity index (χ4v) is 1.40. The lowest BCUT2D eigenvalue weighted by Gasteiger charge is -2.16. The molecule has 1 aliphatic rings. The molecule has 0 aromatic rings. The number of hydrogen-bond donors (Lipinski definition) is 1. The second-order valence-electron chi connectivity index (χ2n) is 3.76. The molecule has 1 aliphatic carbocycles. The van der Waals surface area contributed by atoms with Crippen molar-refractivity contribution in [3.8, 4) is 0 Å². The maximum absolute atomic E-state index is 12.8. The Balaban J connectivity index is 2.85. The molecule has 0 saturated heterocycles. The topological polar surface area (TPSA) is 80.4 Å². The van der Waals surface area contributed by atoms with Crippen LogP contribution in [0.3, 0.4) is 0 Å². The van der Waals surface area contributed by atoms with Crippen molar-refractivity contribution in [3.05, 3.63) is 45.7 Å². The Kier molecular flexibility index (Phi) is 4.43. The molecule has 0 radical (unpaired) electrons. The summed E-state index contributed by atoms with van der Waals surface area (Å²) in [7, 11) is 0. The Labute approximate surface area is 101 Å². The maximum atomic E-state index is 12.8. The van der Waals surface area contributed by atoms with Crippen molar-refractivity contribution in [1.82, 2.24) is 0 Å².